The number of aliphatic hydroxyl groups excluding tert-OH is 1. The normalized spacial score (nSPS) is 12.2. The number of rotatable bonds is 3. The van der Waals surface area contributed by atoms with Gasteiger partial charge in [-0.15, -0.1) is 0 Å². The molecule has 0 fully saturated rings. The van der Waals surface area contributed by atoms with Crippen LogP contribution in [0, 0.1) is 0 Å². The molecule has 1 N–H and O–H groups in total. The van der Waals surface area contributed by atoms with E-state index in [2.05, 4.69) is 10.0 Å². The smallest absolute Gasteiger partial charge is 0.0593 e. The minimum Gasteiger partial charge on any atom is -0.393 e. The van der Waals surface area contributed by atoms with Crippen molar-refractivity contribution in [2.75, 3.05) is 6.54 Å². The van der Waals surface area contributed by atoms with E-state index >= 15 is 0 Å². The molecule has 0 heterocycles. The van der Waals surface area contributed by atoms with Crippen molar-refractivity contribution < 1.29 is 5.11 Å². The molecule has 4 nitrogen and oxygen atoms in total. The van der Waals surface area contributed by atoms with E-state index in [1.54, 1.807) is 0 Å². The maximum absolute atomic E-state index is 8.72. The fraction of sp³-hybridized carbons (Fsp3) is 1.00. The second kappa shape index (κ2) is 4.43. The minimum absolute atomic E-state index is 0.188. The Kier molecular flexibility index (Phi) is 4.03. The van der Waals surface area contributed by atoms with Crippen molar-refractivity contribution in [1.29, 1.82) is 0 Å². The molecule has 8 heavy (non-hydrogen) atoms. The molecule has 46 valence electrons. The average Bonchev–Trinajstić information content (AvgIpc) is 1.83. The third kappa shape index (κ3) is 3.46. The molecular weight excluding hydrogens is 106 g/mol. The van der Waals surface area contributed by atoms with Gasteiger partial charge in [0.15, 0.2) is 0 Å². The van der Waals surface area contributed by atoms with Gasteiger partial charge < -0.3 is 5.11 Å². The zero-order valence-electron chi connectivity index (χ0n) is 4.78. The van der Waals surface area contributed by atoms with Crippen LogP contribution in [-0.2, 0) is 0 Å². The van der Waals surface area contributed by atoms with Crippen LogP contribution >= 0.6 is 0 Å². The molecule has 0 saturated heterocycles. The first-order valence-electron chi connectivity index (χ1n) is 2.50. The van der Waals surface area contributed by atoms with Crippen molar-refractivity contribution >= 4 is 0 Å². The molecule has 0 radical (unpaired) electrons. The first-order chi connectivity index (χ1) is 3.81. The average molecular weight is 115 g/mol. The number of hydrogen-bond acceptors (Lipinski definition) is 2. The second-order valence-corrected chi connectivity index (χ2v) is 1.48. The van der Waals surface area contributed by atoms with Gasteiger partial charge in [-0.05, 0) is 12.0 Å². The van der Waals surface area contributed by atoms with Crippen LogP contribution in [0.15, 0.2) is 5.11 Å². The number of hydrogen-bond donors (Lipinski definition) is 1. The van der Waals surface area contributed by atoms with E-state index in [0.29, 0.717) is 6.42 Å². The first kappa shape index (κ1) is 7.27. The molecule has 0 aliphatic heterocycles. The summed E-state index contributed by atoms with van der Waals surface area (Å²) < 4.78 is 0. The van der Waals surface area contributed by atoms with Crippen LogP contribution in [0.5, 0.6) is 0 Å². The fourth-order valence-corrected chi connectivity index (χ4v) is 0.260. The summed E-state index contributed by atoms with van der Waals surface area (Å²) in [5, 5.41) is 11.9. The first-order valence-corrected chi connectivity index (χ1v) is 2.50. The second-order valence-electron chi connectivity index (χ2n) is 1.48. The zero-order chi connectivity index (χ0) is 6.41. The molecule has 4 heteroatoms. The van der Waals surface area contributed by atoms with Crippen LogP contribution in [0.2, 0.25) is 0 Å². The molecule has 0 bridgehead atoms. The van der Waals surface area contributed by atoms with Crippen LogP contribution < -0.4 is 0 Å². The van der Waals surface area contributed by atoms with E-state index in [0.717, 1.165) is 0 Å². The number of nitrogens with zero attached hydrogens (tertiary/aromatic N) is 3. The molecule has 0 rings (SSSR count). The summed E-state index contributed by atoms with van der Waals surface area (Å²) in [5.74, 6) is 0. The van der Waals surface area contributed by atoms with Crippen LogP contribution in [0.3, 0.4) is 0 Å². The van der Waals surface area contributed by atoms with Gasteiger partial charge in [-0.25, -0.2) is 0 Å². The lowest BCUT2D eigenvalue weighted by Crippen LogP contribution is -2.07. The molecule has 0 saturated carbocycles. The molecule has 0 aliphatic rings. The third-order valence-corrected chi connectivity index (χ3v) is 0.827. The fourth-order valence-electron chi connectivity index (χ4n) is 0.260. The van der Waals surface area contributed by atoms with E-state index < -0.39 is 6.10 Å². The Labute approximate surface area is 47.8 Å². The Hall–Kier alpha value is -0.730. The minimum atomic E-state index is -0.467. The Morgan fingerprint density at radius 3 is 2.88 bits per heavy atom. The lowest BCUT2D eigenvalue weighted by Gasteiger charge is -1.98. The van der Waals surface area contributed by atoms with E-state index in [1.165, 1.54) is 0 Å². The number of aliphatic hydroxyl groups is 1. The van der Waals surface area contributed by atoms with Crippen LogP contribution in [0.1, 0.15) is 13.3 Å². The van der Waals surface area contributed by atoms with Crippen LogP contribution in [-0.4, -0.2) is 17.8 Å². The predicted octanol–water partition coefficient (Wildman–Crippen LogP) is 1.07. The molecule has 1 atom stereocenters. The molecule has 0 aliphatic carbocycles. The van der Waals surface area contributed by atoms with Gasteiger partial charge in [0, 0.05) is 4.91 Å². The Morgan fingerprint density at radius 1 is 1.88 bits per heavy atom. The lowest BCUT2D eigenvalue weighted by atomic mass is 10.3. The standard InChI is InChI=1S/C4H9N3O/c1-2-4(8)3-6-7-5/h4,8H,2-3H2,1H3/t4-/m0/s1. The van der Waals surface area contributed by atoms with E-state index in [4.69, 9.17) is 10.6 Å². The maximum Gasteiger partial charge on any atom is 0.0593 e. The summed E-state index contributed by atoms with van der Waals surface area (Å²) in [6.45, 7) is 2.02. The quantitative estimate of drug-likeness (QED) is 0.333. The van der Waals surface area contributed by atoms with Crippen molar-refractivity contribution in [2.24, 2.45) is 5.11 Å². The van der Waals surface area contributed by atoms with E-state index in [1.807, 2.05) is 6.92 Å². The van der Waals surface area contributed by atoms with Crippen molar-refractivity contribution in [3.63, 3.8) is 0 Å². The Morgan fingerprint density at radius 2 is 2.50 bits per heavy atom. The largest absolute Gasteiger partial charge is 0.393 e. The summed E-state index contributed by atoms with van der Waals surface area (Å²) in [5.41, 5.74) is 7.76. The summed E-state index contributed by atoms with van der Waals surface area (Å²) in [6.07, 6.45) is 0.171. The van der Waals surface area contributed by atoms with Crippen molar-refractivity contribution in [3.8, 4) is 0 Å². The highest BCUT2D eigenvalue weighted by Crippen LogP contribution is 1.88. The Bertz CT molecular complexity index is 97.5. The topological polar surface area (TPSA) is 69.0 Å². The summed E-state index contributed by atoms with van der Waals surface area (Å²) >= 11 is 0. The monoisotopic (exact) mass is 115 g/mol. The molecular formula is C4H9N3O. The van der Waals surface area contributed by atoms with Gasteiger partial charge in [0.1, 0.15) is 0 Å². The van der Waals surface area contributed by atoms with Gasteiger partial charge in [0.25, 0.3) is 0 Å². The zero-order valence-corrected chi connectivity index (χ0v) is 4.78. The van der Waals surface area contributed by atoms with Gasteiger partial charge >= 0.3 is 0 Å². The van der Waals surface area contributed by atoms with Gasteiger partial charge in [-0.2, -0.15) is 0 Å². The third-order valence-electron chi connectivity index (χ3n) is 0.827. The molecule has 0 aromatic carbocycles. The van der Waals surface area contributed by atoms with E-state index in [9.17, 15) is 0 Å². The van der Waals surface area contributed by atoms with Gasteiger partial charge in [0.05, 0.1) is 12.6 Å². The lowest BCUT2D eigenvalue weighted by molar-refractivity contribution is 0.179. The predicted molar refractivity (Wildman–Crippen MR) is 30.3 cm³/mol. The highest BCUT2D eigenvalue weighted by Gasteiger charge is 1.94. The van der Waals surface area contributed by atoms with E-state index in [-0.39, 0.29) is 6.54 Å². The van der Waals surface area contributed by atoms with Crippen LogP contribution in [0.25, 0.3) is 10.4 Å². The highest BCUT2D eigenvalue weighted by atomic mass is 16.3. The maximum atomic E-state index is 8.72. The van der Waals surface area contributed by atoms with Crippen molar-refractivity contribution in [2.45, 2.75) is 19.4 Å². The summed E-state index contributed by atoms with van der Waals surface area (Å²) in [6, 6.07) is 0. The van der Waals surface area contributed by atoms with Gasteiger partial charge in [-0.3, -0.25) is 0 Å². The SMILES string of the molecule is CC[C@H](O)CN=[N+]=[N-]. The molecule has 0 unspecified atom stereocenters. The molecule has 0 aromatic rings. The van der Waals surface area contributed by atoms with Crippen LogP contribution in [0.4, 0.5) is 0 Å². The molecule has 0 spiro atoms. The van der Waals surface area contributed by atoms with Gasteiger partial charge in [0.2, 0.25) is 0 Å². The van der Waals surface area contributed by atoms with Crippen molar-refractivity contribution in [1.82, 2.24) is 0 Å². The summed E-state index contributed by atoms with van der Waals surface area (Å²) in [4.78, 5) is 2.49. The molecule has 0 aromatic heterocycles. The highest BCUT2D eigenvalue weighted by molar-refractivity contribution is 4.55. The van der Waals surface area contributed by atoms with Crippen molar-refractivity contribution in [3.05, 3.63) is 10.4 Å². The summed E-state index contributed by atoms with van der Waals surface area (Å²) in [7, 11) is 0. The number of azide groups is 1. The van der Waals surface area contributed by atoms with Gasteiger partial charge in [-0.1, -0.05) is 12.0 Å². The molecule has 0 amide bonds. The Balaban J connectivity index is 3.23.